The highest BCUT2D eigenvalue weighted by atomic mass is 35.5. The van der Waals surface area contributed by atoms with Gasteiger partial charge >= 0.3 is 0 Å². The van der Waals surface area contributed by atoms with Crippen molar-refractivity contribution in [1.82, 2.24) is 9.97 Å². The number of ether oxygens (including phenoxy) is 1. The topological polar surface area (TPSA) is 50.3 Å². The minimum absolute atomic E-state index is 0.0318. The summed E-state index contributed by atoms with van der Waals surface area (Å²) in [5, 5.41) is 3.49. The van der Waals surface area contributed by atoms with E-state index >= 15 is 0 Å². The Bertz CT molecular complexity index is 516. The molecule has 0 radical (unpaired) electrons. The van der Waals surface area contributed by atoms with E-state index < -0.39 is 5.92 Å². The Kier molecular flexibility index (Phi) is 4.63. The lowest BCUT2D eigenvalue weighted by Crippen LogP contribution is -2.37. The van der Waals surface area contributed by atoms with Gasteiger partial charge in [-0.2, -0.15) is 4.98 Å². The van der Waals surface area contributed by atoms with Gasteiger partial charge in [0, 0.05) is 38.0 Å². The van der Waals surface area contributed by atoms with Crippen LogP contribution in [0.15, 0.2) is 6.07 Å². The van der Waals surface area contributed by atoms with Crippen LogP contribution in [-0.4, -0.2) is 48.2 Å². The maximum absolute atomic E-state index is 13.2. The zero-order valence-corrected chi connectivity index (χ0v) is 13.0. The second kappa shape index (κ2) is 6.50. The van der Waals surface area contributed by atoms with Crippen molar-refractivity contribution in [2.45, 2.75) is 37.6 Å². The molecule has 1 aromatic rings. The highest BCUT2D eigenvalue weighted by Gasteiger charge is 2.35. The number of hydrogen-bond donors (Lipinski definition) is 1. The van der Waals surface area contributed by atoms with Gasteiger partial charge in [0.1, 0.15) is 11.0 Å². The Labute approximate surface area is 133 Å². The molecule has 2 fully saturated rings. The number of halogens is 3. The predicted molar refractivity (Wildman–Crippen MR) is 80.9 cm³/mol. The van der Waals surface area contributed by atoms with Crippen LogP contribution in [0.1, 0.15) is 25.7 Å². The molecule has 1 aromatic heterocycles. The lowest BCUT2D eigenvalue weighted by molar-refractivity contribution is -0.0361. The molecular weight excluding hydrogens is 314 g/mol. The fourth-order valence-electron chi connectivity index (χ4n) is 2.79. The average molecular weight is 333 g/mol. The average Bonchev–Trinajstić information content (AvgIpc) is 2.50. The number of hydrogen-bond acceptors (Lipinski definition) is 5. The Balaban J connectivity index is 1.67. The molecule has 1 saturated heterocycles. The Morgan fingerprint density at radius 2 is 1.91 bits per heavy atom. The number of nitrogens with one attached hydrogen (secondary N) is 1. The lowest BCUT2D eigenvalue weighted by Gasteiger charge is -2.30. The number of nitrogens with zero attached hydrogens (tertiary/aromatic N) is 3. The summed E-state index contributed by atoms with van der Waals surface area (Å²) >= 11 is 6.06. The molecule has 22 heavy (non-hydrogen) atoms. The molecule has 2 heterocycles. The summed E-state index contributed by atoms with van der Waals surface area (Å²) in [6.07, 6.45) is 0.634. The summed E-state index contributed by atoms with van der Waals surface area (Å²) < 4.78 is 31.7. The minimum atomic E-state index is -2.54. The molecule has 5 nitrogen and oxygen atoms in total. The van der Waals surface area contributed by atoms with Gasteiger partial charge in [-0.25, -0.2) is 13.8 Å². The molecule has 8 heteroatoms. The molecule has 1 aliphatic heterocycles. The maximum Gasteiger partial charge on any atom is 0.248 e. The van der Waals surface area contributed by atoms with Crippen LogP contribution in [0.2, 0.25) is 5.15 Å². The van der Waals surface area contributed by atoms with Crippen molar-refractivity contribution in [3.05, 3.63) is 11.2 Å². The van der Waals surface area contributed by atoms with Crippen molar-refractivity contribution in [3.8, 4) is 0 Å². The number of alkyl halides is 2. The zero-order chi connectivity index (χ0) is 15.6. The number of anilines is 2. The second-order valence-electron chi connectivity index (χ2n) is 5.75. The fraction of sp³-hybridized carbons (Fsp3) is 0.714. The quantitative estimate of drug-likeness (QED) is 0.862. The Morgan fingerprint density at radius 3 is 2.59 bits per heavy atom. The van der Waals surface area contributed by atoms with Gasteiger partial charge in [0.05, 0.1) is 13.2 Å². The van der Waals surface area contributed by atoms with Gasteiger partial charge in [-0.15, -0.1) is 0 Å². The van der Waals surface area contributed by atoms with Crippen LogP contribution in [0.5, 0.6) is 0 Å². The zero-order valence-electron chi connectivity index (χ0n) is 12.2. The van der Waals surface area contributed by atoms with Crippen molar-refractivity contribution in [1.29, 1.82) is 0 Å². The largest absolute Gasteiger partial charge is 0.378 e. The number of rotatable bonds is 3. The van der Waals surface area contributed by atoms with Crippen molar-refractivity contribution >= 4 is 23.4 Å². The van der Waals surface area contributed by atoms with Crippen LogP contribution in [0, 0.1) is 0 Å². The van der Waals surface area contributed by atoms with E-state index in [9.17, 15) is 8.78 Å². The number of morpholine rings is 1. The van der Waals surface area contributed by atoms with E-state index in [0.29, 0.717) is 37.2 Å². The third kappa shape index (κ3) is 3.95. The van der Waals surface area contributed by atoms with Crippen molar-refractivity contribution in [2.24, 2.45) is 0 Å². The first-order valence-electron chi connectivity index (χ1n) is 7.53. The van der Waals surface area contributed by atoms with Crippen LogP contribution in [0.3, 0.4) is 0 Å². The summed E-state index contributed by atoms with van der Waals surface area (Å²) in [5.41, 5.74) is 0. The molecule has 1 saturated carbocycles. The summed E-state index contributed by atoms with van der Waals surface area (Å²) in [6.45, 7) is 2.81. The molecule has 1 N–H and O–H groups in total. The van der Waals surface area contributed by atoms with Crippen molar-refractivity contribution < 1.29 is 13.5 Å². The smallest absolute Gasteiger partial charge is 0.248 e. The number of aromatic nitrogens is 2. The molecule has 0 amide bonds. The third-order valence-electron chi connectivity index (χ3n) is 4.07. The molecule has 0 aromatic carbocycles. The summed E-state index contributed by atoms with van der Waals surface area (Å²) in [7, 11) is 0. The monoisotopic (exact) mass is 332 g/mol. The van der Waals surface area contributed by atoms with Gasteiger partial charge in [-0.3, -0.25) is 0 Å². The normalized spacial score (nSPS) is 22.6. The van der Waals surface area contributed by atoms with Gasteiger partial charge in [0.2, 0.25) is 11.9 Å². The molecule has 0 unspecified atom stereocenters. The van der Waals surface area contributed by atoms with Crippen LogP contribution in [-0.2, 0) is 4.74 Å². The molecule has 2 aliphatic rings. The first-order valence-corrected chi connectivity index (χ1v) is 7.91. The van der Waals surface area contributed by atoms with Crippen LogP contribution in [0.4, 0.5) is 20.5 Å². The van der Waals surface area contributed by atoms with E-state index in [1.165, 1.54) is 0 Å². The van der Waals surface area contributed by atoms with Crippen molar-refractivity contribution in [3.63, 3.8) is 0 Å². The molecule has 122 valence electrons. The highest BCUT2D eigenvalue weighted by molar-refractivity contribution is 6.29. The van der Waals surface area contributed by atoms with Crippen LogP contribution >= 0.6 is 11.6 Å². The van der Waals surface area contributed by atoms with E-state index in [-0.39, 0.29) is 18.9 Å². The first kappa shape index (κ1) is 15.7. The Hall–Kier alpha value is -1.21. The van der Waals surface area contributed by atoms with E-state index in [4.69, 9.17) is 16.3 Å². The molecule has 0 bridgehead atoms. The van der Waals surface area contributed by atoms with Gasteiger partial charge in [0.15, 0.2) is 0 Å². The van der Waals surface area contributed by atoms with E-state index in [0.717, 1.165) is 18.9 Å². The standard InChI is InChI=1S/C14H19ClF2N4O/c15-11-9-12(21-5-7-22-8-6-21)20-13(19-11)18-10-1-3-14(16,17)4-2-10/h9-10H,1-8H2,(H,18,19,20). The van der Waals surface area contributed by atoms with Gasteiger partial charge in [0.25, 0.3) is 0 Å². The molecule has 0 spiro atoms. The van der Waals surface area contributed by atoms with Crippen molar-refractivity contribution in [2.75, 3.05) is 36.5 Å². The predicted octanol–water partition coefficient (Wildman–Crippen LogP) is 2.96. The first-order chi connectivity index (χ1) is 10.5. The van der Waals surface area contributed by atoms with Crippen LogP contribution < -0.4 is 10.2 Å². The summed E-state index contributed by atoms with van der Waals surface area (Å²) in [5.74, 6) is -1.39. The SMILES string of the molecule is FC1(F)CCC(Nc2nc(Cl)cc(N3CCOCC3)n2)CC1. The summed E-state index contributed by atoms with van der Waals surface area (Å²) in [4.78, 5) is 10.7. The maximum atomic E-state index is 13.2. The highest BCUT2D eigenvalue weighted by Crippen LogP contribution is 2.34. The van der Waals surface area contributed by atoms with Gasteiger partial charge in [-0.1, -0.05) is 11.6 Å². The Morgan fingerprint density at radius 1 is 1.23 bits per heavy atom. The molecule has 0 atom stereocenters. The van der Waals surface area contributed by atoms with Gasteiger partial charge < -0.3 is 15.0 Å². The van der Waals surface area contributed by atoms with Crippen LogP contribution in [0.25, 0.3) is 0 Å². The fourth-order valence-corrected chi connectivity index (χ4v) is 2.97. The molecule has 3 rings (SSSR count). The van der Waals surface area contributed by atoms with E-state index in [1.807, 2.05) is 0 Å². The second-order valence-corrected chi connectivity index (χ2v) is 6.13. The lowest BCUT2D eigenvalue weighted by atomic mass is 9.92. The third-order valence-corrected chi connectivity index (χ3v) is 4.26. The summed E-state index contributed by atoms with van der Waals surface area (Å²) in [6, 6.07) is 1.68. The van der Waals surface area contributed by atoms with Gasteiger partial charge in [-0.05, 0) is 12.8 Å². The van der Waals surface area contributed by atoms with E-state index in [1.54, 1.807) is 6.07 Å². The molecule has 1 aliphatic carbocycles. The van der Waals surface area contributed by atoms with E-state index in [2.05, 4.69) is 20.2 Å². The molecular formula is C14H19ClF2N4O. The minimum Gasteiger partial charge on any atom is -0.378 e.